The summed E-state index contributed by atoms with van der Waals surface area (Å²) in [7, 11) is 0. The Morgan fingerprint density at radius 2 is 1.55 bits per heavy atom. The standard InChI is InChI=1S/C19H25N/c1-4-14(2)16-9-11-17(12-10-16)19(20)13-18-8-6-5-7-15(18)3/h5-12,14,19H,4,13,20H2,1-3H3. The van der Waals surface area contributed by atoms with Crippen molar-refractivity contribution >= 4 is 0 Å². The van der Waals surface area contributed by atoms with Gasteiger partial charge in [-0.25, -0.2) is 0 Å². The molecular formula is C19H25N. The highest BCUT2D eigenvalue weighted by Gasteiger charge is 2.09. The van der Waals surface area contributed by atoms with Gasteiger partial charge in [0, 0.05) is 6.04 Å². The zero-order chi connectivity index (χ0) is 14.5. The third-order valence-electron chi connectivity index (χ3n) is 4.25. The Labute approximate surface area is 122 Å². The zero-order valence-corrected chi connectivity index (χ0v) is 12.8. The van der Waals surface area contributed by atoms with Crippen LogP contribution in [0.4, 0.5) is 0 Å². The molecule has 0 amide bonds. The summed E-state index contributed by atoms with van der Waals surface area (Å²) in [6, 6.07) is 17.4. The van der Waals surface area contributed by atoms with Gasteiger partial charge in [0.15, 0.2) is 0 Å². The van der Waals surface area contributed by atoms with E-state index in [-0.39, 0.29) is 6.04 Å². The van der Waals surface area contributed by atoms with E-state index in [9.17, 15) is 0 Å². The summed E-state index contributed by atoms with van der Waals surface area (Å²) in [5, 5.41) is 0. The molecule has 0 fully saturated rings. The van der Waals surface area contributed by atoms with E-state index < -0.39 is 0 Å². The van der Waals surface area contributed by atoms with Gasteiger partial charge >= 0.3 is 0 Å². The fourth-order valence-corrected chi connectivity index (χ4v) is 2.50. The molecule has 0 spiro atoms. The van der Waals surface area contributed by atoms with Crippen molar-refractivity contribution in [3.8, 4) is 0 Å². The monoisotopic (exact) mass is 267 g/mol. The molecule has 0 heterocycles. The largest absolute Gasteiger partial charge is 0.324 e. The van der Waals surface area contributed by atoms with Gasteiger partial charge < -0.3 is 5.73 Å². The molecule has 106 valence electrons. The predicted octanol–water partition coefficient (Wildman–Crippen LogP) is 4.75. The van der Waals surface area contributed by atoms with Crippen molar-refractivity contribution in [3.05, 3.63) is 70.8 Å². The average molecular weight is 267 g/mol. The second kappa shape index (κ2) is 6.71. The van der Waals surface area contributed by atoms with Crippen LogP contribution < -0.4 is 5.73 Å². The van der Waals surface area contributed by atoms with Crippen molar-refractivity contribution in [1.82, 2.24) is 0 Å². The van der Waals surface area contributed by atoms with Crippen LogP contribution in [0.25, 0.3) is 0 Å². The van der Waals surface area contributed by atoms with E-state index in [1.165, 1.54) is 28.7 Å². The topological polar surface area (TPSA) is 26.0 Å². The van der Waals surface area contributed by atoms with Crippen LogP contribution in [-0.4, -0.2) is 0 Å². The number of hydrogen-bond acceptors (Lipinski definition) is 1. The molecule has 0 aromatic heterocycles. The lowest BCUT2D eigenvalue weighted by atomic mass is 9.93. The Balaban J connectivity index is 2.10. The Hall–Kier alpha value is -1.60. The van der Waals surface area contributed by atoms with Gasteiger partial charge in [-0.1, -0.05) is 62.4 Å². The second-order valence-electron chi connectivity index (χ2n) is 5.71. The maximum Gasteiger partial charge on any atom is 0.0335 e. The molecule has 2 N–H and O–H groups in total. The normalized spacial score (nSPS) is 14.0. The van der Waals surface area contributed by atoms with E-state index >= 15 is 0 Å². The number of hydrogen-bond donors (Lipinski definition) is 1. The van der Waals surface area contributed by atoms with Crippen LogP contribution in [0, 0.1) is 6.92 Å². The molecule has 2 aromatic rings. The van der Waals surface area contributed by atoms with E-state index in [0.29, 0.717) is 5.92 Å². The van der Waals surface area contributed by atoms with Crippen molar-refractivity contribution in [2.24, 2.45) is 5.73 Å². The maximum atomic E-state index is 6.35. The molecule has 0 aliphatic rings. The van der Waals surface area contributed by atoms with Crippen molar-refractivity contribution in [2.75, 3.05) is 0 Å². The van der Waals surface area contributed by atoms with Gasteiger partial charge in [0.25, 0.3) is 0 Å². The summed E-state index contributed by atoms with van der Waals surface area (Å²) < 4.78 is 0. The predicted molar refractivity (Wildman–Crippen MR) is 87.0 cm³/mol. The summed E-state index contributed by atoms with van der Waals surface area (Å²) >= 11 is 0. The van der Waals surface area contributed by atoms with Gasteiger partial charge in [0.1, 0.15) is 0 Å². The number of benzene rings is 2. The SMILES string of the molecule is CCC(C)c1ccc(C(N)Cc2ccccc2C)cc1. The number of rotatable bonds is 5. The summed E-state index contributed by atoms with van der Waals surface area (Å²) in [4.78, 5) is 0. The molecule has 0 bridgehead atoms. The molecule has 2 rings (SSSR count). The van der Waals surface area contributed by atoms with Crippen LogP contribution in [0.5, 0.6) is 0 Å². The Bertz CT molecular complexity index is 542. The molecule has 2 aromatic carbocycles. The minimum absolute atomic E-state index is 0.0714. The van der Waals surface area contributed by atoms with Gasteiger partial charge in [0.2, 0.25) is 0 Å². The second-order valence-corrected chi connectivity index (χ2v) is 5.71. The minimum Gasteiger partial charge on any atom is -0.324 e. The Kier molecular flexibility index (Phi) is 4.97. The zero-order valence-electron chi connectivity index (χ0n) is 12.8. The van der Waals surface area contributed by atoms with E-state index in [1.54, 1.807) is 0 Å². The third kappa shape index (κ3) is 3.49. The van der Waals surface area contributed by atoms with Crippen LogP contribution in [0.2, 0.25) is 0 Å². The molecule has 0 aliphatic heterocycles. The van der Waals surface area contributed by atoms with Gasteiger partial charge in [-0.2, -0.15) is 0 Å². The highest BCUT2D eigenvalue weighted by molar-refractivity contribution is 5.31. The molecule has 20 heavy (non-hydrogen) atoms. The average Bonchev–Trinajstić information content (AvgIpc) is 2.49. The summed E-state index contributed by atoms with van der Waals surface area (Å²) in [6.45, 7) is 6.64. The lowest BCUT2D eigenvalue weighted by molar-refractivity contribution is 0.710. The van der Waals surface area contributed by atoms with Crippen LogP contribution in [-0.2, 0) is 6.42 Å². The highest BCUT2D eigenvalue weighted by atomic mass is 14.6. The molecular weight excluding hydrogens is 242 g/mol. The van der Waals surface area contributed by atoms with Crippen LogP contribution >= 0.6 is 0 Å². The van der Waals surface area contributed by atoms with Gasteiger partial charge in [-0.15, -0.1) is 0 Å². The van der Waals surface area contributed by atoms with Crippen LogP contribution in [0.15, 0.2) is 48.5 Å². The quantitative estimate of drug-likeness (QED) is 0.831. The molecule has 0 saturated carbocycles. The Morgan fingerprint density at radius 3 is 2.15 bits per heavy atom. The van der Waals surface area contributed by atoms with E-state index in [1.807, 2.05) is 0 Å². The lowest BCUT2D eigenvalue weighted by Gasteiger charge is -2.15. The number of nitrogens with two attached hydrogens (primary N) is 1. The first-order valence-electron chi connectivity index (χ1n) is 7.51. The third-order valence-corrected chi connectivity index (χ3v) is 4.25. The first-order chi connectivity index (χ1) is 9.61. The minimum atomic E-state index is 0.0714. The van der Waals surface area contributed by atoms with E-state index in [4.69, 9.17) is 5.73 Å². The van der Waals surface area contributed by atoms with Crippen molar-refractivity contribution < 1.29 is 0 Å². The molecule has 2 atom stereocenters. The van der Waals surface area contributed by atoms with E-state index in [2.05, 4.69) is 69.3 Å². The van der Waals surface area contributed by atoms with Gasteiger partial charge in [-0.05, 0) is 47.9 Å². The molecule has 1 heteroatoms. The molecule has 2 unspecified atom stereocenters. The molecule has 1 nitrogen and oxygen atoms in total. The lowest BCUT2D eigenvalue weighted by Crippen LogP contribution is -2.14. The Morgan fingerprint density at radius 1 is 0.950 bits per heavy atom. The van der Waals surface area contributed by atoms with Crippen LogP contribution in [0.1, 0.15) is 54.5 Å². The first kappa shape index (κ1) is 14.8. The van der Waals surface area contributed by atoms with Gasteiger partial charge in [-0.3, -0.25) is 0 Å². The number of aryl methyl sites for hydroxylation is 1. The summed E-state index contributed by atoms with van der Waals surface area (Å²) in [5.41, 5.74) is 11.6. The molecule has 0 radical (unpaired) electrons. The van der Waals surface area contributed by atoms with Crippen molar-refractivity contribution in [3.63, 3.8) is 0 Å². The van der Waals surface area contributed by atoms with Crippen molar-refractivity contribution in [2.45, 2.75) is 45.6 Å². The molecule has 0 saturated heterocycles. The smallest absolute Gasteiger partial charge is 0.0335 e. The summed E-state index contributed by atoms with van der Waals surface area (Å²) in [6.07, 6.45) is 2.07. The fourth-order valence-electron chi connectivity index (χ4n) is 2.50. The highest BCUT2D eigenvalue weighted by Crippen LogP contribution is 2.23. The van der Waals surface area contributed by atoms with E-state index in [0.717, 1.165) is 6.42 Å². The van der Waals surface area contributed by atoms with Crippen molar-refractivity contribution in [1.29, 1.82) is 0 Å². The summed E-state index contributed by atoms with van der Waals surface area (Å²) in [5.74, 6) is 0.622. The fraction of sp³-hybridized carbons (Fsp3) is 0.368. The molecule has 0 aliphatic carbocycles. The maximum absolute atomic E-state index is 6.35. The first-order valence-corrected chi connectivity index (χ1v) is 7.51. The van der Waals surface area contributed by atoms with Gasteiger partial charge in [0.05, 0.1) is 0 Å². The van der Waals surface area contributed by atoms with Crippen LogP contribution in [0.3, 0.4) is 0 Å².